The lowest BCUT2D eigenvalue weighted by molar-refractivity contribution is 0.281. The van der Waals surface area contributed by atoms with Crippen LogP contribution in [0.3, 0.4) is 0 Å². The molecule has 0 saturated carbocycles. The molecule has 0 aliphatic carbocycles. The Balaban J connectivity index is 2.17. The topological polar surface area (TPSA) is 35.2 Å². The SMILES string of the molecule is CCC(N)Cc1cccc(F)c1OCc1ccccc1F. The normalized spacial score (nSPS) is 12.2. The van der Waals surface area contributed by atoms with Crippen molar-refractivity contribution in [1.29, 1.82) is 0 Å². The summed E-state index contributed by atoms with van der Waals surface area (Å²) in [6.07, 6.45) is 1.32. The molecule has 0 radical (unpaired) electrons. The molecule has 0 fully saturated rings. The predicted molar refractivity (Wildman–Crippen MR) is 79.1 cm³/mol. The molecule has 21 heavy (non-hydrogen) atoms. The fourth-order valence-electron chi connectivity index (χ4n) is 2.07. The molecular formula is C17H19F2NO. The van der Waals surface area contributed by atoms with E-state index in [9.17, 15) is 8.78 Å². The van der Waals surface area contributed by atoms with Crippen molar-refractivity contribution in [3.8, 4) is 5.75 Å². The molecule has 0 aliphatic heterocycles. The van der Waals surface area contributed by atoms with Gasteiger partial charge in [0.25, 0.3) is 0 Å². The first-order valence-electron chi connectivity index (χ1n) is 7.01. The Morgan fingerprint density at radius 2 is 1.67 bits per heavy atom. The van der Waals surface area contributed by atoms with E-state index in [4.69, 9.17) is 10.5 Å². The standard InChI is InChI=1S/C17H19F2NO/c1-2-14(20)10-12-7-5-9-16(19)17(12)21-11-13-6-3-4-8-15(13)18/h3-9,14H,2,10-11,20H2,1H3. The van der Waals surface area contributed by atoms with E-state index in [2.05, 4.69) is 0 Å². The number of ether oxygens (including phenoxy) is 1. The largest absolute Gasteiger partial charge is 0.485 e. The maximum absolute atomic E-state index is 13.9. The molecular weight excluding hydrogens is 272 g/mol. The van der Waals surface area contributed by atoms with Gasteiger partial charge in [0.1, 0.15) is 12.4 Å². The third-order valence-electron chi connectivity index (χ3n) is 3.38. The number of rotatable bonds is 6. The van der Waals surface area contributed by atoms with Crippen LogP contribution in [0, 0.1) is 11.6 Å². The van der Waals surface area contributed by atoms with Crippen molar-refractivity contribution in [3.63, 3.8) is 0 Å². The highest BCUT2D eigenvalue weighted by molar-refractivity contribution is 5.36. The van der Waals surface area contributed by atoms with E-state index in [0.29, 0.717) is 17.5 Å². The molecule has 0 aliphatic rings. The molecule has 0 bridgehead atoms. The lowest BCUT2D eigenvalue weighted by Gasteiger charge is -2.15. The molecule has 2 aromatic rings. The molecule has 2 rings (SSSR count). The Hall–Kier alpha value is -1.94. The minimum Gasteiger partial charge on any atom is -0.485 e. The van der Waals surface area contributed by atoms with Gasteiger partial charge in [-0.25, -0.2) is 8.78 Å². The van der Waals surface area contributed by atoms with Gasteiger partial charge in [-0.15, -0.1) is 0 Å². The third-order valence-corrected chi connectivity index (χ3v) is 3.38. The van der Waals surface area contributed by atoms with Crippen LogP contribution >= 0.6 is 0 Å². The first-order valence-corrected chi connectivity index (χ1v) is 7.01. The van der Waals surface area contributed by atoms with Crippen LogP contribution in [0.5, 0.6) is 5.75 Å². The Kier molecular flexibility index (Phi) is 5.28. The molecule has 1 unspecified atom stereocenters. The van der Waals surface area contributed by atoms with Crippen molar-refractivity contribution in [1.82, 2.24) is 0 Å². The van der Waals surface area contributed by atoms with E-state index in [0.717, 1.165) is 6.42 Å². The first-order chi connectivity index (χ1) is 10.1. The summed E-state index contributed by atoms with van der Waals surface area (Å²) in [5.41, 5.74) is 7.02. The Morgan fingerprint density at radius 1 is 1.00 bits per heavy atom. The molecule has 2 aromatic carbocycles. The zero-order valence-corrected chi connectivity index (χ0v) is 12.0. The van der Waals surface area contributed by atoms with Crippen LogP contribution in [0.15, 0.2) is 42.5 Å². The number of nitrogens with two attached hydrogens (primary N) is 1. The highest BCUT2D eigenvalue weighted by Gasteiger charge is 2.13. The van der Waals surface area contributed by atoms with Crippen LogP contribution in [0.25, 0.3) is 0 Å². The van der Waals surface area contributed by atoms with Gasteiger partial charge in [-0.05, 0) is 30.5 Å². The van der Waals surface area contributed by atoms with Gasteiger partial charge in [0, 0.05) is 11.6 Å². The van der Waals surface area contributed by atoms with Crippen molar-refractivity contribution >= 4 is 0 Å². The van der Waals surface area contributed by atoms with E-state index >= 15 is 0 Å². The highest BCUT2D eigenvalue weighted by atomic mass is 19.1. The van der Waals surface area contributed by atoms with Crippen molar-refractivity contribution in [2.24, 2.45) is 5.73 Å². The van der Waals surface area contributed by atoms with Crippen molar-refractivity contribution in [2.45, 2.75) is 32.4 Å². The summed E-state index contributed by atoms with van der Waals surface area (Å²) < 4.78 is 33.0. The minimum atomic E-state index is -0.452. The van der Waals surface area contributed by atoms with E-state index in [1.54, 1.807) is 30.3 Å². The summed E-state index contributed by atoms with van der Waals surface area (Å²) in [7, 11) is 0. The quantitative estimate of drug-likeness (QED) is 0.878. The van der Waals surface area contributed by atoms with Gasteiger partial charge in [0.2, 0.25) is 0 Å². The van der Waals surface area contributed by atoms with Gasteiger partial charge < -0.3 is 10.5 Å². The van der Waals surface area contributed by atoms with Crippen molar-refractivity contribution in [3.05, 3.63) is 65.2 Å². The zero-order valence-electron chi connectivity index (χ0n) is 12.0. The molecule has 1 atom stereocenters. The summed E-state index contributed by atoms with van der Waals surface area (Å²) in [6.45, 7) is 1.96. The zero-order chi connectivity index (χ0) is 15.2. The molecule has 2 nitrogen and oxygen atoms in total. The summed E-state index contributed by atoms with van der Waals surface area (Å²) >= 11 is 0. The first kappa shape index (κ1) is 15.4. The Labute approximate surface area is 123 Å². The van der Waals surface area contributed by atoms with Crippen LogP contribution < -0.4 is 10.5 Å². The van der Waals surface area contributed by atoms with Crippen LogP contribution in [0.4, 0.5) is 8.78 Å². The summed E-state index contributed by atoms with van der Waals surface area (Å²) in [4.78, 5) is 0. The number of hydrogen-bond donors (Lipinski definition) is 1. The maximum Gasteiger partial charge on any atom is 0.165 e. The second-order valence-corrected chi connectivity index (χ2v) is 4.98. The fourth-order valence-corrected chi connectivity index (χ4v) is 2.07. The Bertz CT molecular complexity index is 601. The van der Waals surface area contributed by atoms with Gasteiger partial charge in [-0.2, -0.15) is 0 Å². The van der Waals surface area contributed by atoms with Crippen molar-refractivity contribution < 1.29 is 13.5 Å². The van der Waals surface area contributed by atoms with E-state index in [1.807, 2.05) is 6.92 Å². The van der Waals surface area contributed by atoms with Crippen molar-refractivity contribution in [2.75, 3.05) is 0 Å². The van der Waals surface area contributed by atoms with Crippen LogP contribution in [0.2, 0.25) is 0 Å². The lowest BCUT2D eigenvalue weighted by atomic mass is 10.0. The van der Waals surface area contributed by atoms with Crippen LogP contribution in [-0.4, -0.2) is 6.04 Å². The molecule has 0 aromatic heterocycles. The number of hydrogen-bond acceptors (Lipinski definition) is 2. The summed E-state index contributed by atoms with van der Waals surface area (Å²) in [5, 5.41) is 0. The third kappa shape index (κ3) is 4.02. The number of benzene rings is 2. The van der Waals surface area contributed by atoms with Crippen LogP contribution in [0.1, 0.15) is 24.5 Å². The lowest BCUT2D eigenvalue weighted by Crippen LogP contribution is -2.22. The van der Waals surface area contributed by atoms with E-state index in [-0.39, 0.29) is 24.2 Å². The second kappa shape index (κ2) is 7.18. The summed E-state index contributed by atoms with van der Waals surface area (Å²) in [6, 6.07) is 11.0. The number of para-hydroxylation sites is 1. The smallest absolute Gasteiger partial charge is 0.165 e. The fraction of sp³-hybridized carbons (Fsp3) is 0.294. The van der Waals surface area contributed by atoms with Gasteiger partial charge in [0.05, 0.1) is 0 Å². The van der Waals surface area contributed by atoms with Gasteiger partial charge in [-0.1, -0.05) is 37.3 Å². The van der Waals surface area contributed by atoms with Gasteiger partial charge >= 0.3 is 0 Å². The predicted octanol–water partition coefficient (Wildman–Crippen LogP) is 3.82. The molecule has 0 amide bonds. The second-order valence-electron chi connectivity index (χ2n) is 4.98. The summed E-state index contributed by atoms with van der Waals surface area (Å²) in [5.74, 6) is -0.655. The maximum atomic E-state index is 13.9. The highest BCUT2D eigenvalue weighted by Crippen LogP contribution is 2.25. The number of halogens is 2. The average molecular weight is 291 g/mol. The average Bonchev–Trinajstić information content (AvgIpc) is 2.48. The molecule has 4 heteroatoms. The monoisotopic (exact) mass is 291 g/mol. The molecule has 0 spiro atoms. The van der Waals surface area contributed by atoms with E-state index < -0.39 is 5.82 Å². The Morgan fingerprint density at radius 3 is 2.38 bits per heavy atom. The molecule has 112 valence electrons. The van der Waals surface area contributed by atoms with Gasteiger partial charge in [-0.3, -0.25) is 0 Å². The minimum absolute atomic E-state index is 0.0119. The van der Waals surface area contributed by atoms with Gasteiger partial charge in [0.15, 0.2) is 11.6 Å². The van der Waals surface area contributed by atoms with E-state index in [1.165, 1.54) is 12.1 Å². The molecule has 0 heterocycles. The van der Waals surface area contributed by atoms with Crippen LogP contribution in [-0.2, 0) is 13.0 Å². The molecule has 2 N–H and O–H groups in total. The molecule has 0 saturated heterocycles.